The van der Waals surface area contributed by atoms with Gasteiger partial charge in [-0.05, 0) is 37.0 Å². The van der Waals surface area contributed by atoms with Crippen molar-refractivity contribution < 1.29 is 31.4 Å². The third-order valence-corrected chi connectivity index (χ3v) is 6.93. The van der Waals surface area contributed by atoms with Gasteiger partial charge in [0.1, 0.15) is 0 Å². The van der Waals surface area contributed by atoms with Gasteiger partial charge in [0.25, 0.3) is 11.4 Å². The van der Waals surface area contributed by atoms with Gasteiger partial charge in [0, 0.05) is 68.5 Å². The molecule has 0 aromatic heterocycles. The number of likely N-dealkylation sites (tertiary alicyclic amines) is 1. The van der Waals surface area contributed by atoms with Crippen molar-refractivity contribution in [3.8, 4) is 0 Å². The average molecular weight is 529 g/mol. The van der Waals surface area contributed by atoms with Crippen molar-refractivity contribution in [2.24, 2.45) is 5.92 Å². The van der Waals surface area contributed by atoms with Crippen molar-refractivity contribution in [1.29, 1.82) is 0 Å². The summed E-state index contributed by atoms with van der Waals surface area (Å²) in [6.45, 7) is 7.21. The van der Waals surface area contributed by atoms with Crippen LogP contribution in [0.1, 0.15) is 37.8 Å². The third kappa shape index (κ3) is 5.35. The highest BCUT2D eigenvalue weighted by Crippen LogP contribution is 2.37. The molecule has 9 heteroatoms. The maximum atomic E-state index is 11.0. The summed E-state index contributed by atoms with van der Waals surface area (Å²) in [6, 6.07) is 13.6. The minimum Gasteiger partial charge on any atom is -1.00 e. The smallest absolute Gasteiger partial charge is 0.269 e. The number of hydrogen-bond donors (Lipinski definition) is 0. The Morgan fingerprint density at radius 1 is 0.912 bits per heavy atom. The van der Waals surface area contributed by atoms with Crippen LogP contribution in [-0.2, 0) is 13.0 Å². The van der Waals surface area contributed by atoms with Crippen LogP contribution in [0, 0.1) is 26.1 Å². The largest absolute Gasteiger partial charge is 1.00 e. The second-order valence-electron chi connectivity index (χ2n) is 9.32. The monoisotopic (exact) mass is 528 g/mol. The second-order valence-corrected chi connectivity index (χ2v) is 9.32. The number of nitro benzene ring substituents is 2. The van der Waals surface area contributed by atoms with Gasteiger partial charge in [0.2, 0.25) is 0 Å². The molecule has 0 aliphatic carbocycles. The first-order valence-corrected chi connectivity index (χ1v) is 11.3. The minimum atomic E-state index is -0.383. The topological polar surface area (TPSA) is 92.5 Å². The number of benzene rings is 2. The van der Waals surface area contributed by atoms with Gasteiger partial charge in [-0.1, -0.05) is 12.1 Å². The molecule has 0 saturated carbocycles. The molecule has 2 heterocycles. The van der Waals surface area contributed by atoms with Gasteiger partial charge < -0.3 is 21.9 Å². The van der Waals surface area contributed by atoms with Gasteiger partial charge in [-0.15, -0.1) is 0 Å². The van der Waals surface area contributed by atoms with Gasteiger partial charge >= 0.3 is 0 Å². The van der Waals surface area contributed by atoms with E-state index in [1.165, 1.54) is 18.5 Å². The Hall–Kier alpha value is -3.07. The van der Waals surface area contributed by atoms with Gasteiger partial charge in [0.05, 0.1) is 15.8 Å². The Labute approximate surface area is 209 Å². The van der Waals surface area contributed by atoms with Gasteiger partial charge in [-0.3, -0.25) is 20.2 Å². The fourth-order valence-electron chi connectivity index (χ4n) is 4.86. The molecule has 4 rings (SSSR count). The molecule has 2 aromatic carbocycles. The van der Waals surface area contributed by atoms with Crippen molar-refractivity contribution in [2.75, 3.05) is 13.1 Å². The zero-order valence-corrected chi connectivity index (χ0v) is 21.0. The standard InChI is InChI=1S/C25H29N4O4.BrH/c1-25(2)23(17-19-5-9-21(10-6-19)28(30)31)24(26-14-3-4-15-26)13-16-27(25)18-20-7-11-22(12-8-20)29(32)33;/h5-13,16,23H,3-4,14-15,17-18H2,1-2H3;1H/q+1;/p-1. The highest BCUT2D eigenvalue weighted by atomic mass is 79.9. The molecule has 2 aromatic rings. The maximum absolute atomic E-state index is 11.0. The van der Waals surface area contributed by atoms with E-state index in [-0.39, 0.29) is 49.7 Å². The summed E-state index contributed by atoms with van der Waals surface area (Å²) in [5.74, 6) is 0.195. The van der Waals surface area contributed by atoms with E-state index in [1.807, 2.05) is 24.3 Å². The Kier molecular flexibility index (Phi) is 7.86. The number of halogens is 1. The molecule has 2 aliphatic rings. The van der Waals surface area contributed by atoms with Crippen LogP contribution in [0.4, 0.5) is 11.4 Å². The van der Waals surface area contributed by atoms with Crippen LogP contribution in [0.5, 0.6) is 0 Å². The number of allylic oxidation sites excluding steroid dienone is 1. The van der Waals surface area contributed by atoms with E-state index in [9.17, 15) is 20.2 Å². The van der Waals surface area contributed by atoms with Crippen LogP contribution in [-0.4, -0.2) is 44.2 Å². The highest BCUT2D eigenvalue weighted by molar-refractivity contribution is 5.69. The van der Waals surface area contributed by atoms with E-state index in [1.54, 1.807) is 24.3 Å². The van der Waals surface area contributed by atoms with Crippen LogP contribution in [0.2, 0.25) is 0 Å². The quantitative estimate of drug-likeness (QED) is 0.310. The molecule has 0 spiro atoms. The summed E-state index contributed by atoms with van der Waals surface area (Å²) in [6.07, 6.45) is 7.50. The van der Waals surface area contributed by atoms with Crippen LogP contribution in [0.3, 0.4) is 0 Å². The minimum absolute atomic E-state index is 0. The molecule has 34 heavy (non-hydrogen) atoms. The van der Waals surface area contributed by atoms with E-state index in [0.29, 0.717) is 6.54 Å². The van der Waals surface area contributed by atoms with Crippen molar-refractivity contribution in [3.05, 3.63) is 91.7 Å². The normalized spacial score (nSPS) is 19.1. The number of non-ortho nitro benzene ring substituents is 2. The molecular weight excluding hydrogens is 500 g/mol. The predicted octanol–water partition coefficient (Wildman–Crippen LogP) is 1.72. The van der Waals surface area contributed by atoms with Crippen molar-refractivity contribution in [1.82, 2.24) is 4.90 Å². The molecule has 8 nitrogen and oxygen atoms in total. The average Bonchev–Trinajstić information content (AvgIpc) is 3.32. The summed E-state index contributed by atoms with van der Waals surface area (Å²) in [5.41, 5.74) is 3.36. The summed E-state index contributed by atoms with van der Waals surface area (Å²) >= 11 is 0. The summed E-state index contributed by atoms with van der Waals surface area (Å²) < 4.78 is 2.30. The first-order valence-electron chi connectivity index (χ1n) is 11.3. The van der Waals surface area contributed by atoms with Crippen molar-refractivity contribution >= 4 is 17.6 Å². The van der Waals surface area contributed by atoms with Gasteiger partial charge in [-0.25, -0.2) is 4.58 Å². The lowest BCUT2D eigenvalue weighted by atomic mass is 9.77. The fraction of sp³-hybridized carbons (Fsp3) is 0.400. The number of nitro groups is 2. The van der Waals surface area contributed by atoms with Crippen LogP contribution >= 0.6 is 0 Å². The molecule has 1 fully saturated rings. The zero-order chi connectivity index (χ0) is 23.6. The highest BCUT2D eigenvalue weighted by Gasteiger charge is 2.45. The number of hydrogen-bond acceptors (Lipinski definition) is 5. The molecule has 0 radical (unpaired) electrons. The molecule has 1 atom stereocenters. The SMILES string of the molecule is CC1(C)C(Cc2ccc([N+](=O)[O-])cc2)C(N2CCCC2)=CC=[N+]1Cc1ccc([N+](=O)[O-])cc1.[Br-]. The summed E-state index contributed by atoms with van der Waals surface area (Å²) in [7, 11) is 0. The third-order valence-electron chi connectivity index (χ3n) is 6.93. The molecule has 1 unspecified atom stereocenters. The molecule has 0 amide bonds. The molecular formula is C25H29BrN4O4. The molecule has 2 aliphatic heterocycles. The van der Waals surface area contributed by atoms with E-state index in [0.717, 1.165) is 30.6 Å². The van der Waals surface area contributed by atoms with Crippen molar-refractivity contribution in [3.63, 3.8) is 0 Å². The van der Waals surface area contributed by atoms with E-state index in [2.05, 4.69) is 35.6 Å². The fourth-order valence-corrected chi connectivity index (χ4v) is 4.86. The Morgan fingerprint density at radius 3 is 1.91 bits per heavy atom. The Balaban J connectivity index is 0.00000324. The molecule has 0 bridgehead atoms. The number of nitrogens with zero attached hydrogens (tertiary/aromatic N) is 4. The van der Waals surface area contributed by atoms with E-state index in [4.69, 9.17) is 0 Å². The number of rotatable bonds is 7. The first-order chi connectivity index (χ1) is 15.8. The van der Waals surface area contributed by atoms with Crippen LogP contribution in [0.25, 0.3) is 0 Å². The molecule has 0 N–H and O–H groups in total. The van der Waals surface area contributed by atoms with Gasteiger partial charge in [-0.2, -0.15) is 0 Å². The maximum Gasteiger partial charge on any atom is 0.269 e. The van der Waals surface area contributed by atoms with E-state index >= 15 is 0 Å². The molecule has 1 saturated heterocycles. The van der Waals surface area contributed by atoms with Crippen LogP contribution < -0.4 is 17.0 Å². The summed E-state index contributed by atoms with van der Waals surface area (Å²) in [5, 5.41) is 22.0. The van der Waals surface area contributed by atoms with Crippen LogP contribution in [0.15, 0.2) is 60.3 Å². The first kappa shape index (κ1) is 25.6. The Morgan fingerprint density at radius 2 is 1.41 bits per heavy atom. The lowest BCUT2D eigenvalue weighted by Crippen LogP contribution is -3.00. The molecule has 180 valence electrons. The second kappa shape index (κ2) is 10.5. The lowest BCUT2D eigenvalue weighted by molar-refractivity contribution is -0.621. The zero-order valence-electron chi connectivity index (χ0n) is 19.4. The predicted molar refractivity (Wildman–Crippen MR) is 126 cm³/mol. The summed E-state index contributed by atoms with van der Waals surface area (Å²) in [4.78, 5) is 23.7. The van der Waals surface area contributed by atoms with Gasteiger partial charge in [0.15, 0.2) is 18.3 Å². The Bertz CT molecular complexity index is 1100. The van der Waals surface area contributed by atoms with Crippen molar-refractivity contribution in [2.45, 2.75) is 45.2 Å². The van der Waals surface area contributed by atoms with E-state index < -0.39 is 0 Å². The lowest BCUT2D eigenvalue weighted by Gasteiger charge is -2.39.